The van der Waals surface area contributed by atoms with Gasteiger partial charge in [-0.2, -0.15) is 5.10 Å². The Hall–Kier alpha value is -2.80. The molecule has 27 heavy (non-hydrogen) atoms. The molecule has 1 N–H and O–H groups in total. The highest BCUT2D eigenvalue weighted by Gasteiger charge is 2.34. The van der Waals surface area contributed by atoms with Gasteiger partial charge in [-0.15, -0.1) is 0 Å². The van der Waals surface area contributed by atoms with Gasteiger partial charge in [-0.3, -0.25) is 4.79 Å². The van der Waals surface area contributed by atoms with Crippen LogP contribution in [0.25, 0.3) is 11.0 Å². The summed E-state index contributed by atoms with van der Waals surface area (Å²) in [6.07, 6.45) is 4.83. The lowest BCUT2D eigenvalue weighted by Crippen LogP contribution is -2.48. The van der Waals surface area contributed by atoms with Crippen LogP contribution < -0.4 is 0 Å². The molecule has 3 aromatic rings. The summed E-state index contributed by atoms with van der Waals surface area (Å²) in [4.78, 5) is 18.7. The minimum atomic E-state index is -0.867. The van der Waals surface area contributed by atoms with Crippen LogP contribution in [0.3, 0.4) is 0 Å². The maximum Gasteiger partial charge on any atom is 0.244 e. The highest BCUT2D eigenvalue weighted by atomic mass is 19.1. The van der Waals surface area contributed by atoms with E-state index >= 15 is 0 Å². The molecule has 1 aliphatic rings. The predicted molar refractivity (Wildman–Crippen MR) is 98.4 cm³/mol. The topological polar surface area (TPSA) is 71.2 Å². The number of hydrogen-bond donors (Lipinski definition) is 1. The van der Waals surface area contributed by atoms with Crippen LogP contribution in [0, 0.1) is 5.82 Å². The van der Waals surface area contributed by atoms with Gasteiger partial charge in [0.15, 0.2) is 5.65 Å². The summed E-state index contributed by atoms with van der Waals surface area (Å²) in [6, 6.07) is 9.94. The molecule has 4 rings (SSSR count). The van der Waals surface area contributed by atoms with Crippen LogP contribution in [0.4, 0.5) is 4.39 Å². The van der Waals surface area contributed by atoms with Crippen LogP contribution in [0.2, 0.25) is 0 Å². The van der Waals surface area contributed by atoms with Gasteiger partial charge in [0.05, 0.1) is 11.8 Å². The molecular weight excluding hydrogens is 347 g/mol. The molecule has 1 saturated heterocycles. The molecule has 0 atom stereocenters. The first-order valence-corrected chi connectivity index (χ1v) is 9.04. The van der Waals surface area contributed by atoms with Crippen molar-refractivity contribution in [2.45, 2.75) is 31.4 Å². The van der Waals surface area contributed by atoms with Gasteiger partial charge in [-0.25, -0.2) is 14.1 Å². The third kappa shape index (κ3) is 3.83. The Morgan fingerprint density at radius 2 is 1.93 bits per heavy atom. The summed E-state index contributed by atoms with van der Waals surface area (Å²) >= 11 is 0. The van der Waals surface area contributed by atoms with Gasteiger partial charge in [0.2, 0.25) is 5.91 Å². The second-order valence-electron chi connectivity index (χ2n) is 7.13. The van der Waals surface area contributed by atoms with E-state index in [0.717, 1.165) is 10.9 Å². The van der Waals surface area contributed by atoms with Crippen LogP contribution in [-0.4, -0.2) is 49.4 Å². The number of fused-ring (bicyclic) bond motifs is 1. The molecule has 2 aromatic heterocycles. The number of benzene rings is 1. The first-order valence-electron chi connectivity index (χ1n) is 9.04. The summed E-state index contributed by atoms with van der Waals surface area (Å²) in [6.45, 7) is 1.11. The van der Waals surface area contributed by atoms with Gasteiger partial charge in [-0.1, -0.05) is 12.1 Å². The molecule has 1 fully saturated rings. The third-order valence-electron chi connectivity index (χ3n) is 5.18. The number of pyridine rings is 1. The molecule has 0 saturated carbocycles. The molecule has 0 unspecified atom stereocenters. The molecule has 0 radical (unpaired) electrons. The molecule has 0 spiro atoms. The Morgan fingerprint density at radius 3 is 2.67 bits per heavy atom. The third-order valence-corrected chi connectivity index (χ3v) is 5.18. The summed E-state index contributed by atoms with van der Waals surface area (Å²) < 4.78 is 14.6. The fraction of sp³-hybridized carbons (Fsp3) is 0.350. The molecule has 1 amide bonds. The molecule has 6 nitrogen and oxygen atoms in total. The van der Waals surface area contributed by atoms with E-state index in [9.17, 15) is 14.3 Å². The van der Waals surface area contributed by atoms with Crippen molar-refractivity contribution in [3.05, 3.63) is 60.2 Å². The van der Waals surface area contributed by atoms with Crippen LogP contribution in [0.1, 0.15) is 18.4 Å². The number of aromatic nitrogens is 3. The Morgan fingerprint density at radius 1 is 1.19 bits per heavy atom. The Kier molecular flexibility index (Phi) is 4.61. The Balaban J connectivity index is 1.37. The van der Waals surface area contributed by atoms with E-state index < -0.39 is 5.60 Å². The monoisotopic (exact) mass is 368 g/mol. The Labute approximate surface area is 156 Å². The minimum Gasteiger partial charge on any atom is -0.389 e. The molecule has 1 aliphatic heterocycles. The van der Waals surface area contributed by atoms with Crippen LogP contribution in [0.5, 0.6) is 0 Å². The maximum absolute atomic E-state index is 13.0. The highest BCUT2D eigenvalue weighted by molar-refractivity contribution is 5.79. The van der Waals surface area contributed by atoms with E-state index in [4.69, 9.17) is 0 Å². The van der Waals surface area contributed by atoms with Gasteiger partial charge < -0.3 is 10.0 Å². The minimum absolute atomic E-state index is 0.0329. The van der Waals surface area contributed by atoms with Crippen molar-refractivity contribution >= 4 is 16.9 Å². The predicted octanol–water partition coefficient (Wildman–Crippen LogP) is 2.17. The highest BCUT2D eigenvalue weighted by Crippen LogP contribution is 2.27. The number of likely N-dealkylation sites (tertiary alicyclic amines) is 1. The second kappa shape index (κ2) is 7.08. The van der Waals surface area contributed by atoms with E-state index in [1.165, 1.54) is 12.1 Å². The van der Waals surface area contributed by atoms with Gasteiger partial charge in [0, 0.05) is 31.1 Å². The SMILES string of the molecule is O=C(Cn1ncc2cccnc21)N1CCC(O)(Cc2ccc(F)cc2)CC1. The van der Waals surface area contributed by atoms with E-state index in [1.54, 1.807) is 34.1 Å². The van der Waals surface area contributed by atoms with Crippen LogP contribution in [-0.2, 0) is 17.8 Å². The fourth-order valence-electron chi connectivity index (χ4n) is 3.59. The zero-order valence-electron chi connectivity index (χ0n) is 14.9. The van der Waals surface area contributed by atoms with Crippen molar-refractivity contribution in [2.24, 2.45) is 0 Å². The van der Waals surface area contributed by atoms with Gasteiger partial charge >= 0.3 is 0 Å². The summed E-state index contributed by atoms with van der Waals surface area (Å²) in [5.74, 6) is -0.318. The average Bonchev–Trinajstić information content (AvgIpc) is 3.07. The number of aliphatic hydroxyl groups is 1. The van der Waals surface area contributed by atoms with Crippen molar-refractivity contribution in [3.63, 3.8) is 0 Å². The first kappa shape index (κ1) is 17.6. The van der Waals surface area contributed by atoms with Crippen molar-refractivity contribution in [3.8, 4) is 0 Å². The van der Waals surface area contributed by atoms with Gasteiger partial charge in [-0.05, 0) is 42.7 Å². The number of rotatable bonds is 4. The van der Waals surface area contributed by atoms with Crippen molar-refractivity contribution in [2.75, 3.05) is 13.1 Å². The molecular formula is C20H21FN4O2. The van der Waals surface area contributed by atoms with Crippen LogP contribution >= 0.6 is 0 Å². The largest absolute Gasteiger partial charge is 0.389 e. The number of amides is 1. The van der Waals surface area contributed by atoms with Crippen molar-refractivity contribution in [1.29, 1.82) is 0 Å². The lowest BCUT2D eigenvalue weighted by Gasteiger charge is -2.38. The number of piperidine rings is 1. The fourth-order valence-corrected chi connectivity index (χ4v) is 3.59. The zero-order valence-corrected chi connectivity index (χ0v) is 14.9. The normalized spacial score (nSPS) is 16.6. The summed E-state index contributed by atoms with van der Waals surface area (Å²) in [7, 11) is 0. The smallest absolute Gasteiger partial charge is 0.244 e. The van der Waals surface area contributed by atoms with E-state index in [-0.39, 0.29) is 18.3 Å². The molecule has 0 aliphatic carbocycles. The van der Waals surface area contributed by atoms with Gasteiger partial charge in [0.25, 0.3) is 0 Å². The second-order valence-corrected chi connectivity index (χ2v) is 7.13. The Bertz CT molecular complexity index is 946. The lowest BCUT2D eigenvalue weighted by atomic mass is 9.85. The quantitative estimate of drug-likeness (QED) is 0.766. The molecule has 1 aromatic carbocycles. The maximum atomic E-state index is 13.0. The molecule has 7 heteroatoms. The number of nitrogens with zero attached hydrogens (tertiary/aromatic N) is 4. The first-order chi connectivity index (χ1) is 13.0. The summed E-state index contributed by atoms with van der Waals surface area (Å²) in [5, 5.41) is 16.0. The van der Waals surface area contributed by atoms with E-state index in [1.807, 2.05) is 12.1 Å². The number of carbonyl (C=O) groups excluding carboxylic acids is 1. The zero-order chi connectivity index (χ0) is 18.9. The molecule has 140 valence electrons. The lowest BCUT2D eigenvalue weighted by molar-refractivity contribution is -0.136. The van der Waals surface area contributed by atoms with E-state index in [2.05, 4.69) is 10.1 Å². The summed E-state index contributed by atoms with van der Waals surface area (Å²) in [5.41, 5.74) is 0.720. The number of halogens is 1. The average molecular weight is 368 g/mol. The van der Waals surface area contributed by atoms with Crippen molar-refractivity contribution < 1.29 is 14.3 Å². The van der Waals surface area contributed by atoms with E-state index in [0.29, 0.717) is 38.0 Å². The number of hydrogen-bond acceptors (Lipinski definition) is 4. The molecule has 3 heterocycles. The number of carbonyl (C=O) groups is 1. The molecule has 0 bridgehead atoms. The van der Waals surface area contributed by atoms with Crippen molar-refractivity contribution in [1.82, 2.24) is 19.7 Å². The van der Waals surface area contributed by atoms with Crippen LogP contribution in [0.15, 0.2) is 48.8 Å². The standard InChI is InChI=1S/C20H21FN4O2/c21-17-5-3-15(4-6-17)12-20(27)7-10-24(11-8-20)18(26)14-25-19-16(13-23-25)2-1-9-22-19/h1-6,9,13,27H,7-8,10-12,14H2. The van der Waals surface area contributed by atoms with Gasteiger partial charge in [0.1, 0.15) is 12.4 Å².